The third kappa shape index (κ3) is 5.24. The highest BCUT2D eigenvalue weighted by Gasteiger charge is 2.12. The van der Waals surface area contributed by atoms with Crippen LogP contribution in [0.3, 0.4) is 0 Å². The van der Waals surface area contributed by atoms with E-state index in [1.807, 2.05) is 19.1 Å². The largest absolute Gasteiger partial charge is 0.493 e. The predicted octanol–water partition coefficient (Wildman–Crippen LogP) is 4.11. The van der Waals surface area contributed by atoms with E-state index in [9.17, 15) is 10.1 Å². The molecule has 1 N–H and O–H groups in total. The summed E-state index contributed by atoms with van der Waals surface area (Å²) in [5.74, 6) is 0.233. The average molecular weight is 382 g/mol. The number of amides is 1. The summed E-state index contributed by atoms with van der Waals surface area (Å²) in [5.41, 5.74) is 1.87. The Labute approximate surface area is 162 Å². The molecule has 0 aliphatic carbocycles. The second-order valence-electron chi connectivity index (χ2n) is 5.44. The Balaban J connectivity index is 2.24. The van der Waals surface area contributed by atoms with E-state index < -0.39 is 5.91 Å². The van der Waals surface area contributed by atoms with Gasteiger partial charge in [-0.05, 0) is 48.4 Å². The van der Waals surface area contributed by atoms with E-state index in [1.54, 1.807) is 36.4 Å². The van der Waals surface area contributed by atoms with Crippen molar-refractivity contribution in [3.63, 3.8) is 0 Å². The summed E-state index contributed by atoms with van der Waals surface area (Å²) in [6, 6.07) is 13.7. The molecule has 2 aromatic carbocycles. The van der Waals surface area contributed by atoms with Crippen molar-refractivity contribution in [3.8, 4) is 23.6 Å². The number of anilines is 1. The predicted molar refractivity (Wildman–Crippen MR) is 103 cm³/mol. The molecule has 0 saturated carbocycles. The first-order chi connectivity index (χ1) is 13.0. The van der Waals surface area contributed by atoms with E-state index in [0.29, 0.717) is 27.8 Å². The Hall–Kier alpha value is -3.48. The molecule has 1 amide bonds. The number of aryl methyl sites for hydroxylation is 1. The van der Waals surface area contributed by atoms with Crippen molar-refractivity contribution in [2.45, 2.75) is 6.92 Å². The first kappa shape index (κ1) is 19.8. The normalized spacial score (nSPS) is 10.5. The zero-order valence-electron chi connectivity index (χ0n) is 14.7. The number of benzene rings is 2. The molecule has 2 aromatic rings. The standard InChI is InChI=1S/C20H16ClN3O3/c1-13-3-5-16(11-17(13)21)24-20(25)15(12-23)9-14-4-6-18(27-8-7-22)19(10-14)26-2/h3-6,9-11H,8H2,1-2H3,(H,24,25)/b15-9+. The molecule has 0 atom stereocenters. The molecule has 136 valence electrons. The molecule has 0 fully saturated rings. The van der Waals surface area contributed by atoms with Crippen LogP contribution in [0.25, 0.3) is 6.08 Å². The van der Waals surface area contributed by atoms with Gasteiger partial charge in [-0.15, -0.1) is 0 Å². The molecule has 2 rings (SSSR count). The van der Waals surface area contributed by atoms with Gasteiger partial charge in [-0.1, -0.05) is 23.7 Å². The zero-order valence-corrected chi connectivity index (χ0v) is 15.5. The van der Waals surface area contributed by atoms with E-state index >= 15 is 0 Å². The number of carbonyl (C=O) groups is 1. The van der Waals surface area contributed by atoms with Gasteiger partial charge in [0, 0.05) is 10.7 Å². The molecule has 0 spiro atoms. The maximum atomic E-state index is 12.4. The molecular weight excluding hydrogens is 366 g/mol. The number of methoxy groups -OCH3 is 1. The number of ether oxygens (including phenoxy) is 2. The lowest BCUT2D eigenvalue weighted by Crippen LogP contribution is -2.13. The maximum absolute atomic E-state index is 12.4. The van der Waals surface area contributed by atoms with Crippen LogP contribution >= 0.6 is 11.6 Å². The fraction of sp³-hybridized carbons (Fsp3) is 0.150. The van der Waals surface area contributed by atoms with Gasteiger partial charge in [0.1, 0.15) is 17.7 Å². The number of nitrogens with zero attached hydrogens (tertiary/aromatic N) is 2. The lowest BCUT2D eigenvalue weighted by atomic mass is 10.1. The van der Waals surface area contributed by atoms with Crippen molar-refractivity contribution in [2.24, 2.45) is 0 Å². The molecule has 0 radical (unpaired) electrons. The smallest absolute Gasteiger partial charge is 0.266 e. The number of rotatable bonds is 6. The van der Waals surface area contributed by atoms with E-state index in [-0.39, 0.29) is 12.2 Å². The number of carbonyl (C=O) groups excluding carboxylic acids is 1. The number of hydrogen-bond donors (Lipinski definition) is 1. The van der Waals surface area contributed by atoms with Crippen LogP contribution in [-0.2, 0) is 4.79 Å². The summed E-state index contributed by atoms with van der Waals surface area (Å²) in [6.45, 7) is 1.74. The molecule has 0 heterocycles. The molecule has 7 heteroatoms. The number of nitriles is 2. The minimum absolute atomic E-state index is 0.0838. The zero-order chi connectivity index (χ0) is 19.8. The molecule has 0 aliphatic rings. The summed E-state index contributed by atoms with van der Waals surface area (Å²) >= 11 is 6.05. The van der Waals surface area contributed by atoms with Gasteiger partial charge < -0.3 is 14.8 Å². The first-order valence-corrected chi connectivity index (χ1v) is 8.23. The minimum Gasteiger partial charge on any atom is -0.493 e. The maximum Gasteiger partial charge on any atom is 0.266 e. The van der Waals surface area contributed by atoms with Crippen molar-refractivity contribution in [1.29, 1.82) is 10.5 Å². The highest BCUT2D eigenvalue weighted by atomic mass is 35.5. The SMILES string of the molecule is COc1cc(/C=C(\C#N)C(=O)Nc2ccc(C)c(Cl)c2)ccc1OCC#N. The average Bonchev–Trinajstić information content (AvgIpc) is 2.67. The topological polar surface area (TPSA) is 95.1 Å². The van der Waals surface area contributed by atoms with Crippen LogP contribution in [0.5, 0.6) is 11.5 Å². The molecule has 0 saturated heterocycles. The van der Waals surface area contributed by atoms with Crippen LogP contribution in [0.1, 0.15) is 11.1 Å². The van der Waals surface area contributed by atoms with Gasteiger partial charge in [0.2, 0.25) is 0 Å². The Morgan fingerprint density at radius 2 is 2.00 bits per heavy atom. The molecule has 27 heavy (non-hydrogen) atoms. The second-order valence-corrected chi connectivity index (χ2v) is 5.85. The number of nitrogens with one attached hydrogen (secondary N) is 1. The minimum atomic E-state index is -0.554. The molecule has 0 aromatic heterocycles. The van der Waals surface area contributed by atoms with Crippen LogP contribution in [0.2, 0.25) is 5.02 Å². The van der Waals surface area contributed by atoms with Gasteiger partial charge in [-0.2, -0.15) is 10.5 Å². The van der Waals surface area contributed by atoms with E-state index in [0.717, 1.165) is 5.56 Å². The Bertz CT molecular complexity index is 971. The summed E-state index contributed by atoms with van der Waals surface area (Å²) < 4.78 is 10.5. The van der Waals surface area contributed by atoms with Gasteiger partial charge in [-0.25, -0.2) is 0 Å². The lowest BCUT2D eigenvalue weighted by Gasteiger charge is -2.09. The molecule has 0 bridgehead atoms. The quantitative estimate of drug-likeness (QED) is 0.600. The highest BCUT2D eigenvalue weighted by Crippen LogP contribution is 2.29. The van der Waals surface area contributed by atoms with Gasteiger partial charge in [0.05, 0.1) is 7.11 Å². The molecule has 0 aliphatic heterocycles. The fourth-order valence-electron chi connectivity index (χ4n) is 2.19. The van der Waals surface area contributed by atoms with Crippen LogP contribution in [0, 0.1) is 29.6 Å². The number of halogens is 1. The number of hydrogen-bond acceptors (Lipinski definition) is 5. The summed E-state index contributed by atoms with van der Waals surface area (Å²) in [7, 11) is 1.46. The van der Waals surface area contributed by atoms with Crippen LogP contribution in [0.4, 0.5) is 5.69 Å². The van der Waals surface area contributed by atoms with E-state index in [2.05, 4.69) is 5.32 Å². The van der Waals surface area contributed by atoms with Crippen molar-refractivity contribution < 1.29 is 14.3 Å². The van der Waals surface area contributed by atoms with Crippen molar-refractivity contribution in [3.05, 3.63) is 58.1 Å². The fourth-order valence-corrected chi connectivity index (χ4v) is 2.37. The highest BCUT2D eigenvalue weighted by molar-refractivity contribution is 6.31. The molecule has 6 nitrogen and oxygen atoms in total. The summed E-state index contributed by atoms with van der Waals surface area (Å²) in [5, 5.41) is 21.1. The Morgan fingerprint density at radius 3 is 2.63 bits per heavy atom. The third-order valence-corrected chi connectivity index (χ3v) is 3.99. The lowest BCUT2D eigenvalue weighted by molar-refractivity contribution is -0.112. The van der Waals surface area contributed by atoms with Gasteiger partial charge in [0.15, 0.2) is 18.1 Å². The molecule has 0 unspecified atom stereocenters. The van der Waals surface area contributed by atoms with Crippen LogP contribution in [0.15, 0.2) is 42.0 Å². The van der Waals surface area contributed by atoms with E-state index in [1.165, 1.54) is 13.2 Å². The molecular formula is C20H16ClN3O3. The summed E-state index contributed by atoms with van der Waals surface area (Å²) in [6.07, 6.45) is 1.43. The van der Waals surface area contributed by atoms with Gasteiger partial charge in [-0.3, -0.25) is 4.79 Å². The van der Waals surface area contributed by atoms with Gasteiger partial charge >= 0.3 is 0 Å². The first-order valence-electron chi connectivity index (χ1n) is 7.85. The summed E-state index contributed by atoms with van der Waals surface area (Å²) in [4.78, 5) is 12.4. The van der Waals surface area contributed by atoms with Crippen molar-refractivity contribution in [2.75, 3.05) is 19.0 Å². The van der Waals surface area contributed by atoms with Crippen LogP contribution < -0.4 is 14.8 Å². The second kappa shape index (κ2) is 9.28. The van der Waals surface area contributed by atoms with Gasteiger partial charge in [0.25, 0.3) is 5.91 Å². The Morgan fingerprint density at radius 1 is 1.22 bits per heavy atom. The van der Waals surface area contributed by atoms with Crippen LogP contribution in [-0.4, -0.2) is 19.6 Å². The monoisotopic (exact) mass is 381 g/mol. The third-order valence-electron chi connectivity index (χ3n) is 3.59. The van der Waals surface area contributed by atoms with Crippen molar-refractivity contribution in [1.82, 2.24) is 0 Å². The van der Waals surface area contributed by atoms with Crippen molar-refractivity contribution >= 4 is 29.3 Å². The Kier molecular flexibility index (Phi) is 6.82. The van der Waals surface area contributed by atoms with E-state index in [4.69, 9.17) is 26.3 Å².